The second-order valence-corrected chi connectivity index (χ2v) is 5.48. The van der Waals surface area contributed by atoms with Crippen LogP contribution in [0.3, 0.4) is 0 Å². The van der Waals surface area contributed by atoms with Crippen molar-refractivity contribution >= 4 is 23.1 Å². The number of thiophene rings is 1. The number of aryl methyl sites for hydroxylation is 1. The van der Waals surface area contributed by atoms with E-state index in [0.29, 0.717) is 5.82 Å². The van der Waals surface area contributed by atoms with Crippen LogP contribution in [0.2, 0.25) is 0 Å². The molecule has 2 N–H and O–H groups in total. The van der Waals surface area contributed by atoms with E-state index in [4.69, 9.17) is 5.11 Å². The fourth-order valence-corrected chi connectivity index (χ4v) is 3.32. The summed E-state index contributed by atoms with van der Waals surface area (Å²) in [5.74, 6) is -0.439. The number of carboxylic acids is 1. The Labute approximate surface area is 114 Å². The second-order valence-electron chi connectivity index (χ2n) is 4.48. The number of carboxylic acid groups (broad SMARTS) is 1. The quantitative estimate of drug-likeness (QED) is 0.900. The first kappa shape index (κ1) is 12.1. The van der Waals surface area contributed by atoms with E-state index in [-0.39, 0.29) is 11.7 Å². The Morgan fingerprint density at radius 3 is 3.05 bits per heavy atom. The molecule has 0 saturated carbocycles. The highest BCUT2D eigenvalue weighted by molar-refractivity contribution is 7.10. The smallest absolute Gasteiger partial charge is 0.356 e. The van der Waals surface area contributed by atoms with Gasteiger partial charge in [-0.1, -0.05) is 0 Å². The lowest BCUT2D eigenvalue weighted by molar-refractivity contribution is 0.0690. The van der Waals surface area contributed by atoms with Gasteiger partial charge in [0.05, 0.1) is 18.4 Å². The Morgan fingerprint density at radius 1 is 1.42 bits per heavy atom. The Bertz CT molecular complexity index is 594. The molecule has 3 rings (SSSR count). The summed E-state index contributed by atoms with van der Waals surface area (Å²) in [6.45, 7) is 0. The Kier molecular flexibility index (Phi) is 3.16. The fourth-order valence-electron chi connectivity index (χ4n) is 2.33. The summed E-state index contributed by atoms with van der Waals surface area (Å²) in [7, 11) is 0. The van der Waals surface area contributed by atoms with Crippen LogP contribution in [0.15, 0.2) is 23.8 Å². The van der Waals surface area contributed by atoms with Crippen molar-refractivity contribution in [1.29, 1.82) is 0 Å². The van der Waals surface area contributed by atoms with E-state index in [1.165, 1.54) is 22.8 Å². The summed E-state index contributed by atoms with van der Waals surface area (Å²) in [5.41, 5.74) is 1.30. The molecular weight excluding hydrogens is 262 g/mol. The molecule has 0 aliphatic heterocycles. The average Bonchev–Trinajstić information content (AvgIpc) is 2.89. The molecule has 2 aromatic heterocycles. The lowest BCUT2D eigenvalue weighted by Crippen LogP contribution is -2.16. The molecule has 1 aliphatic carbocycles. The molecule has 5 nitrogen and oxygen atoms in total. The normalized spacial score (nSPS) is 17.8. The third-order valence-corrected chi connectivity index (χ3v) is 4.24. The van der Waals surface area contributed by atoms with Gasteiger partial charge in [0.15, 0.2) is 5.69 Å². The number of aromatic carboxylic acids is 1. The molecule has 1 unspecified atom stereocenters. The van der Waals surface area contributed by atoms with E-state index in [1.54, 1.807) is 11.3 Å². The van der Waals surface area contributed by atoms with Gasteiger partial charge in [0.25, 0.3) is 0 Å². The molecule has 0 radical (unpaired) electrons. The van der Waals surface area contributed by atoms with Gasteiger partial charge in [0, 0.05) is 4.88 Å². The number of nitrogens with zero attached hydrogens (tertiary/aromatic N) is 2. The van der Waals surface area contributed by atoms with E-state index in [9.17, 15) is 4.79 Å². The largest absolute Gasteiger partial charge is 0.476 e. The first-order valence-electron chi connectivity index (χ1n) is 6.12. The SMILES string of the molecule is O=C(O)c1cnc(NC2CCCc3sccc32)cn1. The fraction of sp³-hybridized carbons (Fsp3) is 0.308. The van der Waals surface area contributed by atoms with Crippen molar-refractivity contribution in [2.45, 2.75) is 25.3 Å². The van der Waals surface area contributed by atoms with Gasteiger partial charge in [-0.25, -0.2) is 14.8 Å². The van der Waals surface area contributed by atoms with Crippen LogP contribution in [-0.4, -0.2) is 21.0 Å². The third kappa shape index (κ3) is 2.44. The van der Waals surface area contributed by atoms with Gasteiger partial charge in [0.1, 0.15) is 5.82 Å². The van der Waals surface area contributed by atoms with Crippen molar-refractivity contribution in [2.75, 3.05) is 5.32 Å². The van der Waals surface area contributed by atoms with Crippen LogP contribution in [-0.2, 0) is 6.42 Å². The molecule has 2 heterocycles. The first-order valence-corrected chi connectivity index (χ1v) is 7.00. The van der Waals surface area contributed by atoms with Crippen LogP contribution < -0.4 is 5.32 Å². The molecule has 0 amide bonds. The van der Waals surface area contributed by atoms with E-state index < -0.39 is 5.97 Å². The van der Waals surface area contributed by atoms with E-state index >= 15 is 0 Å². The van der Waals surface area contributed by atoms with Gasteiger partial charge in [-0.15, -0.1) is 11.3 Å². The monoisotopic (exact) mass is 275 g/mol. The number of aromatic nitrogens is 2. The highest BCUT2D eigenvalue weighted by Gasteiger charge is 2.21. The highest BCUT2D eigenvalue weighted by Crippen LogP contribution is 2.34. The maximum atomic E-state index is 10.7. The minimum Gasteiger partial charge on any atom is -0.476 e. The van der Waals surface area contributed by atoms with Gasteiger partial charge in [-0.05, 0) is 36.3 Å². The molecule has 0 aromatic carbocycles. The zero-order valence-corrected chi connectivity index (χ0v) is 11.0. The molecule has 0 bridgehead atoms. The second kappa shape index (κ2) is 4.97. The van der Waals surface area contributed by atoms with E-state index in [1.807, 2.05) is 0 Å². The van der Waals surface area contributed by atoms with Crippen LogP contribution in [0, 0.1) is 0 Å². The Balaban J connectivity index is 1.78. The zero-order valence-electron chi connectivity index (χ0n) is 10.2. The predicted octanol–water partition coefficient (Wildman–Crippen LogP) is 2.73. The standard InChI is InChI=1S/C13H13N3O2S/c17-13(18)10-6-15-12(7-14-10)16-9-2-1-3-11-8(9)4-5-19-11/h4-7,9H,1-3H2,(H,15,16)(H,17,18). The van der Waals surface area contributed by atoms with Crippen LogP contribution >= 0.6 is 11.3 Å². The number of anilines is 1. The lowest BCUT2D eigenvalue weighted by atomic mass is 9.94. The number of hydrogen-bond donors (Lipinski definition) is 2. The van der Waals surface area contributed by atoms with Crippen LogP contribution in [0.25, 0.3) is 0 Å². The summed E-state index contributed by atoms with van der Waals surface area (Å²) in [4.78, 5) is 20.1. The molecule has 0 fully saturated rings. The molecule has 6 heteroatoms. The maximum absolute atomic E-state index is 10.7. The van der Waals surface area contributed by atoms with Crippen LogP contribution in [0.4, 0.5) is 5.82 Å². The third-order valence-electron chi connectivity index (χ3n) is 3.25. The summed E-state index contributed by atoms with van der Waals surface area (Å²) < 4.78 is 0. The lowest BCUT2D eigenvalue weighted by Gasteiger charge is -2.23. The molecule has 1 aliphatic rings. The predicted molar refractivity (Wildman–Crippen MR) is 72.6 cm³/mol. The average molecular weight is 275 g/mol. The summed E-state index contributed by atoms with van der Waals surface area (Å²) in [6, 6.07) is 2.40. The van der Waals surface area contributed by atoms with Gasteiger partial charge in [-0.3, -0.25) is 0 Å². The first-order chi connectivity index (χ1) is 9.24. The van der Waals surface area contributed by atoms with Crippen molar-refractivity contribution in [3.05, 3.63) is 40.0 Å². The van der Waals surface area contributed by atoms with Gasteiger partial charge < -0.3 is 10.4 Å². The van der Waals surface area contributed by atoms with Crippen molar-refractivity contribution in [2.24, 2.45) is 0 Å². The molecule has 98 valence electrons. The number of nitrogens with one attached hydrogen (secondary N) is 1. The van der Waals surface area contributed by atoms with Crippen LogP contribution in [0.1, 0.15) is 39.8 Å². The van der Waals surface area contributed by atoms with E-state index in [0.717, 1.165) is 19.3 Å². The number of fused-ring (bicyclic) bond motifs is 1. The van der Waals surface area contributed by atoms with Crippen molar-refractivity contribution in [3.8, 4) is 0 Å². The Hall–Kier alpha value is -1.95. The van der Waals surface area contributed by atoms with E-state index in [2.05, 4.69) is 26.7 Å². The van der Waals surface area contributed by atoms with Crippen molar-refractivity contribution in [1.82, 2.24) is 9.97 Å². The van der Waals surface area contributed by atoms with Gasteiger partial charge >= 0.3 is 5.97 Å². The highest BCUT2D eigenvalue weighted by atomic mass is 32.1. The minimum absolute atomic E-state index is 0.0367. The molecule has 0 spiro atoms. The van der Waals surface area contributed by atoms with Crippen molar-refractivity contribution < 1.29 is 9.90 Å². The number of carbonyl (C=O) groups is 1. The van der Waals surface area contributed by atoms with Crippen molar-refractivity contribution in [3.63, 3.8) is 0 Å². The molecule has 2 aromatic rings. The van der Waals surface area contributed by atoms with Gasteiger partial charge in [0.2, 0.25) is 0 Å². The maximum Gasteiger partial charge on any atom is 0.356 e. The zero-order chi connectivity index (χ0) is 13.2. The summed E-state index contributed by atoms with van der Waals surface area (Å²) in [6.07, 6.45) is 6.12. The molecule has 0 saturated heterocycles. The number of rotatable bonds is 3. The molecule has 1 atom stereocenters. The minimum atomic E-state index is -1.06. The molecule has 19 heavy (non-hydrogen) atoms. The summed E-state index contributed by atoms with van der Waals surface area (Å²) >= 11 is 1.79. The van der Waals surface area contributed by atoms with Crippen LogP contribution in [0.5, 0.6) is 0 Å². The number of hydrogen-bond acceptors (Lipinski definition) is 5. The van der Waals surface area contributed by atoms with Gasteiger partial charge in [-0.2, -0.15) is 0 Å². The summed E-state index contributed by atoms with van der Waals surface area (Å²) in [5, 5.41) is 14.2. The Morgan fingerprint density at radius 2 is 2.32 bits per heavy atom. The topological polar surface area (TPSA) is 75.1 Å². The molecular formula is C13H13N3O2S.